The maximum atomic E-state index is 12.3. The maximum absolute atomic E-state index is 12.3. The zero-order valence-electron chi connectivity index (χ0n) is 11.6. The standard InChI is InChI=1S/C15H14BrClN2O3/c16-12-13(15(20)18-11-5-7-21-8-6-11)19-22-14(12)9-1-3-10(17)4-2-9/h1-4,11H,5-8H2,(H,18,20). The van der Waals surface area contributed by atoms with Gasteiger partial charge >= 0.3 is 0 Å². The first kappa shape index (κ1) is 15.5. The third kappa shape index (κ3) is 3.34. The Bertz CT molecular complexity index is 666. The van der Waals surface area contributed by atoms with E-state index in [9.17, 15) is 4.79 Å². The summed E-state index contributed by atoms with van der Waals surface area (Å²) in [6.45, 7) is 1.34. The summed E-state index contributed by atoms with van der Waals surface area (Å²) >= 11 is 9.27. The number of amides is 1. The van der Waals surface area contributed by atoms with Gasteiger partial charge in [0.05, 0.1) is 4.47 Å². The smallest absolute Gasteiger partial charge is 0.274 e. The summed E-state index contributed by atoms with van der Waals surface area (Å²) in [7, 11) is 0. The van der Waals surface area contributed by atoms with Gasteiger partial charge in [-0.05, 0) is 53.0 Å². The molecule has 1 aliphatic heterocycles. The van der Waals surface area contributed by atoms with Crippen LogP contribution in [0.1, 0.15) is 23.3 Å². The Kier molecular flexibility index (Phi) is 4.81. The zero-order valence-corrected chi connectivity index (χ0v) is 14.0. The molecule has 0 spiro atoms. The average Bonchev–Trinajstić information content (AvgIpc) is 2.91. The van der Waals surface area contributed by atoms with Crippen LogP contribution in [0.4, 0.5) is 0 Å². The van der Waals surface area contributed by atoms with Gasteiger partial charge in [-0.3, -0.25) is 4.79 Å². The highest BCUT2D eigenvalue weighted by atomic mass is 79.9. The molecule has 1 aromatic carbocycles. The van der Waals surface area contributed by atoms with E-state index in [1.54, 1.807) is 12.1 Å². The highest BCUT2D eigenvalue weighted by Crippen LogP contribution is 2.31. The fourth-order valence-electron chi connectivity index (χ4n) is 2.30. The summed E-state index contributed by atoms with van der Waals surface area (Å²) < 4.78 is 11.1. The lowest BCUT2D eigenvalue weighted by Gasteiger charge is -2.22. The number of aromatic nitrogens is 1. The lowest BCUT2D eigenvalue weighted by molar-refractivity contribution is 0.0692. The number of hydrogen-bond donors (Lipinski definition) is 1. The van der Waals surface area contributed by atoms with Crippen molar-refractivity contribution in [3.05, 3.63) is 39.5 Å². The van der Waals surface area contributed by atoms with Crippen molar-refractivity contribution in [2.45, 2.75) is 18.9 Å². The number of nitrogens with one attached hydrogen (secondary N) is 1. The molecule has 0 saturated carbocycles. The minimum absolute atomic E-state index is 0.115. The second-order valence-electron chi connectivity index (χ2n) is 5.04. The highest BCUT2D eigenvalue weighted by Gasteiger charge is 2.24. The number of carbonyl (C=O) groups excluding carboxylic acids is 1. The van der Waals surface area contributed by atoms with Crippen molar-refractivity contribution in [2.75, 3.05) is 13.2 Å². The monoisotopic (exact) mass is 384 g/mol. The van der Waals surface area contributed by atoms with Gasteiger partial charge in [-0.15, -0.1) is 0 Å². The summed E-state index contributed by atoms with van der Waals surface area (Å²) in [5.74, 6) is 0.261. The van der Waals surface area contributed by atoms with Gasteiger partial charge in [-0.2, -0.15) is 0 Å². The molecule has 3 rings (SSSR count). The first-order valence-corrected chi connectivity index (χ1v) is 8.12. The molecule has 0 radical (unpaired) electrons. The third-order valence-electron chi connectivity index (χ3n) is 3.51. The van der Waals surface area contributed by atoms with Gasteiger partial charge < -0.3 is 14.6 Å². The van der Waals surface area contributed by atoms with Gasteiger partial charge in [-0.25, -0.2) is 0 Å². The Morgan fingerprint density at radius 1 is 1.27 bits per heavy atom. The summed E-state index contributed by atoms with van der Waals surface area (Å²) in [6.07, 6.45) is 1.62. The largest absolute Gasteiger partial charge is 0.381 e. The number of hydrogen-bond acceptors (Lipinski definition) is 4. The van der Waals surface area contributed by atoms with Gasteiger partial charge in [0.25, 0.3) is 5.91 Å². The van der Waals surface area contributed by atoms with Crippen LogP contribution in [0.15, 0.2) is 33.3 Å². The third-order valence-corrected chi connectivity index (χ3v) is 4.50. The molecule has 0 bridgehead atoms. The van der Waals surface area contributed by atoms with Gasteiger partial charge in [-0.1, -0.05) is 16.8 Å². The number of ether oxygens (including phenoxy) is 1. The molecule has 1 aliphatic rings. The van der Waals surface area contributed by atoms with Crippen molar-refractivity contribution >= 4 is 33.4 Å². The Balaban J connectivity index is 1.77. The van der Waals surface area contributed by atoms with Crippen molar-refractivity contribution in [1.29, 1.82) is 0 Å². The minimum Gasteiger partial charge on any atom is -0.381 e. The second-order valence-corrected chi connectivity index (χ2v) is 6.27. The molecule has 0 atom stereocenters. The number of benzene rings is 1. The molecule has 1 N–H and O–H groups in total. The quantitative estimate of drug-likeness (QED) is 0.875. The first-order chi connectivity index (χ1) is 10.6. The van der Waals surface area contributed by atoms with Crippen molar-refractivity contribution in [2.24, 2.45) is 0 Å². The first-order valence-electron chi connectivity index (χ1n) is 6.95. The van der Waals surface area contributed by atoms with E-state index < -0.39 is 0 Å². The fourth-order valence-corrected chi connectivity index (χ4v) is 2.98. The average molecular weight is 386 g/mol. The molecular weight excluding hydrogens is 372 g/mol. The summed E-state index contributed by atoms with van der Waals surface area (Å²) in [5, 5.41) is 7.48. The van der Waals surface area contributed by atoms with Crippen LogP contribution in [-0.2, 0) is 4.74 Å². The molecule has 22 heavy (non-hydrogen) atoms. The molecular formula is C15H14BrClN2O3. The predicted octanol–water partition coefficient (Wildman–Crippen LogP) is 3.67. The Morgan fingerprint density at radius 2 is 1.95 bits per heavy atom. The molecule has 1 saturated heterocycles. The van der Waals surface area contributed by atoms with E-state index in [4.69, 9.17) is 20.9 Å². The van der Waals surface area contributed by atoms with E-state index in [-0.39, 0.29) is 17.6 Å². The summed E-state index contributed by atoms with van der Waals surface area (Å²) in [5.41, 5.74) is 1.05. The van der Waals surface area contributed by atoms with Crippen LogP contribution in [0, 0.1) is 0 Å². The van der Waals surface area contributed by atoms with E-state index in [1.807, 2.05) is 12.1 Å². The van der Waals surface area contributed by atoms with Gasteiger partial charge in [0.1, 0.15) is 0 Å². The summed E-state index contributed by atoms with van der Waals surface area (Å²) in [6, 6.07) is 7.26. The van der Waals surface area contributed by atoms with Crippen LogP contribution in [0.3, 0.4) is 0 Å². The number of nitrogens with zero attached hydrogens (tertiary/aromatic N) is 1. The van der Waals surface area contributed by atoms with Crippen molar-refractivity contribution in [3.8, 4) is 11.3 Å². The van der Waals surface area contributed by atoms with E-state index in [2.05, 4.69) is 26.4 Å². The summed E-state index contributed by atoms with van der Waals surface area (Å²) in [4.78, 5) is 12.3. The normalized spacial score (nSPS) is 15.7. The van der Waals surface area contributed by atoms with Crippen molar-refractivity contribution in [3.63, 3.8) is 0 Å². The highest BCUT2D eigenvalue weighted by molar-refractivity contribution is 9.10. The fraction of sp³-hybridized carbons (Fsp3) is 0.333. The molecule has 1 amide bonds. The Morgan fingerprint density at radius 3 is 2.64 bits per heavy atom. The van der Waals surface area contributed by atoms with Crippen LogP contribution in [0.5, 0.6) is 0 Å². The van der Waals surface area contributed by atoms with E-state index in [0.29, 0.717) is 28.5 Å². The van der Waals surface area contributed by atoms with Crippen LogP contribution < -0.4 is 5.32 Å². The maximum Gasteiger partial charge on any atom is 0.274 e. The molecule has 1 fully saturated rings. The predicted molar refractivity (Wildman–Crippen MR) is 86.0 cm³/mol. The molecule has 116 valence electrons. The van der Waals surface area contributed by atoms with E-state index in [0.717, 1.165) is 18.4 Å². The lowest BCUT2D eigenvalue weighted by atomic mass is 10.1. The molecule has 2 aromatic rings. The minimum atomic E-state index is -0.247. The van der Waals surface area contributed by atoms with Crippen LogP contribution in [-0.4, -0.2) is 30.3 Å². The Hall–Kier alpha value is -1.37. The van der Waals surface area contributed by atoms with Crippen molar-refractivity contribution in [1.82, 2.24) is 10.5 Å². The zero-order chi connectivity index (χ0) is 15.5. The molecule has 2 heterocycles. The van der Waals surface area contributed by atoms with Crippen LogP contribution in [0.2, 0.25) is 5.02 Å². The van der Waals surface area contributed by atoms with E-state index >= 15 is 0 Å². The number of halogens is 2. The Labute approximate surface area is 141 Å². The lowest BCUT2D eigenvalue weighted by Crippen LogP contribution is -2.39. The molecule has 1 aromatic heterocycles. The van der Waals surface area contributed by atoms with Crippen LogP contribution >= 0.6 is 27.5 Å². The molecule has 5 nitrogen and oxygen atoms in total. The number of carbonyl (C=O) groups is 1. The molecule has 0 aliphatic carbocycles. The van der Waals surface area contributed by atoms with Gasteiger partial charge in [0.15, 0.2) is 11.5 Å². The van der Waals surface area contributed by atoms with Crippen LogP contribution in [0.25, 0.3) is 11.3 Å². The molecule has 7 heteroatoms. The second kappa shape index (κ2) is 6.81. The van der Waals surface area contributed by atoms with Gasteiger partial charge in [0, 0.05) is 29.8 Å². The van der Waals surface area contributed by atoms with E-state index in [1.165, 1.54) is 0 Å². The van der Waals surface area contributed by atoms with Gasteiger partial charge in [0.2, 0.25) is 0 Å². The van der Waals surface area contributed by atoms with Crippen molar-refractivity contribution < 1.29 is 14.1 Å². The molecule has 0 unspecified atom stereocenters. The SMILES string of the molecule is O=C(NC1CCOCC1)c1noc(-c2ccc(Cl)cc2)c1Br. The number of rotatable bonds is 3. The topological polar surface area (TPSA) is 64.4 Å².